The molecule has 0 saturated carbocycles. The lowest BCUT2D eigenvalue weighted by atomic mass is 10.1. The van der Waals surface area contributed by atoms with Gasteiger partial charge in [-0.1, -0.05) is 18.2 Å². The van der Waals surface area contributed by atoms with Crippen molar-refractivity contribution in [1.82, 2.24) is 19.8 Å². The molecule has 1 fully saturated rings. The Morgan fingerprint density at radius 1 is 1.24 bits per heavy atom. The van der Waals surface area contributed by atoms with Crippen LogP contribution in [0.3, 0.4) is 0 Å². The van der Waals surface area contributed by atoms with Gasteiger partial charge in [0.25, 0.3) is 5.91 Å². The maximum absolute atomic E-state index is 12.7. The molecule has 1 aromatic heterocycles. The Bertz CT molecular complexity index is 692. The minimum absolute atomic E-state index is 0.0673. The maximum atomic E-state index is 12.7. The van der Waals surface area contributed by atoms with Gasteiger partial charge in [0, 0.05) is 50.4 Å². The van der Waals surface area contributed by atoms with Crippen LogP contribution in [0.15, 0.2) is 42.7 Å². The number of likely N-dealkylation sites (N-methyl/N-ethyl adjacent to an activating group) is 1. The van der Waals surface area contributed by atoms with E-state index in [1.807, 2.05) is 42.3 Å². The van der Waals surface area contributed by atoms with Crippen molar-refractivity contribution in [2.24, 2.45) is 0 Å². The minimum atomic E-state index is -0.0673. The molecule has 1 aromatic carbocycles. The molecule has 1 saturated heterocycles. The van der Waals surface area contributed by atoms with Gasteiger partial charge in [0.05, 0.1) is 5.56 Å². The monoisotopic (exact) mass is 341 g/mol. The Morgan fingerprint density at radius 3 is 2.64 bits per heavy atom. The van der Waals surface area contributed by atoms with E-state index in [1.54, 1.807) is 12.4 Å². The highest BCUT2D eigenvalue weighted by Gasteiger charge is 2.27. The SMILES string of the molecule is CN1CCN(C(=O)c2cnc(Nc3ccccc3)nc2)C[C@H]1CCO. The van der Waals surface area contributed by atoms with Gasteiger partial charge in [-0.25, -0.2) is 9.97 Å². The number of aromatic nitrogens is 2. The van der Waals surface area contributed by atoms with Gasteiger partial charge in [-0.15, -0.1) is 0 Å². The number of nitrogens with one attached hydrogen (secondary N) is 1. The van der Waals surface area contributed by atoms with Crippen LogP contribution < -0.4 is 5.32 Å². The van der Waals surface area contributed by atoms with E-state index in [0.717, 1.165) is 12.2 Å². The Labute approximate surface area is 147 Å². The number of para-hydroxylation sites is 1. The second kappa shape index (κ2) is 8.04. The highest BCUT2D eigenvalue weighted by molar-refractivity contribution is 5.93. The number of hydrogen-bond acceptors (Lipinski definition) is 6. The first-order valence-corrected chi connectivity index (χ1v) is 8.42. The highest BCUT2D eigenvalue weighted by atomic mass is 16.3. The molecule has 0 radical (unpaired) electrons. The molecule has 0 unspecified atom stereocenters. The van der Waals surface area contributed by atoms with Gasteiger partial charge in [-0.3, -0.25) is 9.69 Å². The third-order valence-corrected chi connectivity index (χ3v) is 4.46. The maximum Gasteiger partial charge on any atom is 0.257 e. The van der Waals surface area contributed by atoms with Crippen LogP contribution in [0.25, 0.3) is 0 Å². The predicted molar refractivity (Wildman–Crippen MR) is 95.8 cm³/mol. The Morgan fingerprint density at radius 2 is 1.96 bits per heavy atom. The fraction of sp³-hybridized carbons (Fsp3) is 0.389. The number of hydrogen-bond donors (Lipinski definition) is 2. The fourth-order valence-electron chi connectivity index (χ4n) is 2.93. The van der Waals surface area contributed by atoms with E-state index in [1.165, 1.54) is 0 Å². The zero-order valence-corrected chi connectivity index (χ0v) is 14.3. The van der Waals surface area contributed by atoms with Crippen molar-refractivity contribution in [2.75, 3.05) is 38.6 Å². The van der Waals surface area contributed by atoms with E-state index in [9.17, 15) is 9.90 Å². The first-order valence-electron chi connectivity index (χ1n) is 8.42. The Balaban J connectivity index is 1.64. The van der Waals surface area contributed by atoms with Crippen molar-refractivity contribution in [3.63, 3.8) is 0 Å². The van der Waals surface area contributed by atoms with Gasteiger partial charge in [-0.05, 0) is 25.6 Å². The summed E-state index contributed by atoms with van der Waals surface area (Å²) in [6.07, 6.45) is 3.77. The van der Waals surface area contributed by atoms with Crippen LogP contribution in [0.2, 0.25) is 0 Å². The number of amides is 1. The molecule has 2 N–H and O–H groups in total. The molecule has 0 bridgehead atoms. The average Bonchev–Trinajstić information content (AvgIpc) is 2.65. The number of aliphatic hydroxyl groups excluding tert-OH is 1. The molecule has 2 aromatic rings. The van der Waals surface area contributed by atoms with Gasteiger partial charge in [0.1, 0.15) is 0 Å². The summed E-state index contributed by atoms with van der Waals surface area (Å²) in [5.41, 5.74) is 1.37. The van der Waals surface area contributed by atoms with Crippen molar-refractivity contribution in [3.05, 3.63) is 48.3 Å². The largest absolute Gasteiger partial charge is 0.396 e. The second-order valence-electron chi connectivity index (χ2n) is 6.18. The van der Waals surface area contributed by atoms with E-state index in [-0.39, 0.29) is 18.6 Å². The van der Waals surface area contributed by atoms with E-state index < -0.39 is 0 Å². The van der Waals surface area contributed by atoms with Gasteiger partial charge in [-0.2, -0.15) is 0 Å². The molecule has 2 heterocycles. The second-order valence-corrected chi connectivity index (χ2v) is 6.18. The number of carbonyl (C=O) groups is 1. The minimum Gasteiger partial charge on any atom is -0.396 e. The lowest BCUT2D eigenvalue weighted by Gasteiger charge is -2.39. The lowest BCUT2D eigenvalue weighted by Crippen LogP contribution is -2.53. The molecule has 1 amide bonds. The van der Waals surface area contributed by atoms with Gasteiger partial charge in [0.2, 0.25) is 5.95 Å². The summed E-state index contributed by atoms with van der Waals surface area (Å²) in [6, 6.07) is 9.82. The van der Waals surface area contributed by atoms with Crippen LogP contribution in [0.5, 0.6) is 0 Å². The van der Waals surface area contributed by atoms with Gasteiger partial charge >= 0.3 is 0 Å². The van der Waals surface area contributed by atoms with Gasteiger partial charge < -0.3 is 15.3 Å². The van der Waals surface area contributed by atoms with E-state index in [4.69, 9.17) is 0 Å². The molecule has 1 atom stereocenters. The summed E-state index contributed by atoms with van der Waals surface area (Å²) in [5, 5.41) is 12.3. The van der Waals surface area contributed by atoms with Crippen molar-refractivity contribution < 1.29 is 9.90 Å². The molecule has 25 heavy (non-hydrogen) atoms. The summed E-state index contributed by atoms with van der Waals surface area (Å²) in [4.78, 5) is 25.1. The number of nitrogens with zero attached hydrogens (tertiary/aromatic N) is 4. The average molecular weight is 341 g/mol. The smallest absolute Gasteiger partial charge is 0.257 e. The molecular weight excluding hydrogens is 318 g/mol. The number of carbonyl (C=O) groups excluding carboxylic acids is 1. The van der Waals surface area contributed by atoms with E-state index in [2.05, 4.69) is 20.2 Å². The number of rotatable bonds is 5. The van der Waals surface area contributed by atoms with Crippen LogP contribution in [0.1, 0.15) is 16.8 Å². The van der Waals surface area contributed by atoms with Crippen molar-refractivity contribution in [1.29, 1.82) is 0 Å². The van der Waals surface area contributed by atoms with Crippen molar-refractivity contribution in [3.8, 4) is 0 Å². The first kappa shape index (κ1) is 17.3. The first-order chi connectivity index (χ1) is 12.2. The summed E-state index contributed by atoms with van der Waals surface area (Å²) in [7, 11) is 2.02. The molecule has 1 aliphatic rings. The summed E-state index contributed by atoms with van der Waals surface area (Å²) >= 11 is 0. The normalized spacial score (nSPS) is 18.2. The number of anilines is 2. The number of piperazine rings is 1. The number of aliphatic hydroxyl groups is 1. The molecule has 0 spiro atoms. The topological polar surface area (TPSA) is 81.6 Å². The fourth-order valence-corrected chi connectivity index (χ4v) is 2.93. The zero-order valence-electron chi connectivity index (χ0n) is 14.3. The highest BCUT2D eigenvalue weighted by Crippen LogP contribution is 2.15. The van der Waals surface area contributed by atoms with E-state index >= 15 is 0 Å². The predicted octanol–water partition coefficient (Wildman–Crippen LogP) is 1.36. The van der Waals surface area contributed by atoms with Crippen LogP contribution in [-0.4, -0.2) is 70.1 Å². The molecule has 7 heteroatoms. The lowest BCUT2D eigenvalue weighted by molar-refractivity contribution is 0.0500. The molecule has 1 aliphatic heterocycles. The molecule has 132 valence electrons. The van der Waals surface area contributed by atoms with E-state index in [0.29, 0.717) is 31.0 Å². The zero-order chi connectivity index (χ0) is 17.6. The third-order valence-electron chi connectivity index (χ3n) is 4.46. The van der Waals surface area contributed by atoms with Crippen LogP contribution in [0, 0.1) is 0 Å². The Kier molecular flexibility index (Phi) is 5.57. The van der Waals surface area contributed by atoms with Crippen molar-refractivity contribution >= 4 is 17.5 Å². The third kappa shape index (κ3) is 4.32. The molecular formula is C18H23N5O2. The van der Waals surface area contributed by atoms with Crippen molar-refractivity contribution in [2.45, 2.75) is 12.5 Å². The molecule has 0 aliphatic carbocycles. The summed E-state index contributed by atoms with van der Waals surface area (Å²) in [6.45, 7) is 2.20. The van der Waals surface area contributed by atoms with Crippen LogP contribution in [0.4, 0.5) is 11.6 Å². The summed E-state index contributed by atoms with van der Waals surface area (Å²) in [5.74, 6) is 0.390. The molecule has 3 rings (SSSR count). The van der Waals surface area contributed by atoms with Crippen LogP contribution in [-0.2, 0) is 0 Å². The van der Waals surface area contributed by atoms with Crippen LogP contribution >= 0.6 is 0 Å². The molecule has 7 nitrogen and oxygen atoms in total. The standard InChI is InChI=1S/C18H23N5O2/c1-22-8-9-23(13-16(22)7-10-24)17(25)14-11-19-18(20-12-14)21-15-5-3-2-4-6-15/h2-6,11-12,16,24H,7-10,13H2,1H3,(H,19,20,21)/t16-/m1/s1. The quantitative estimate of drug-likeness (QED) is 0.855. The number of benzene rings is 1. The summed E-state index contributed by atoms with van der Waals surface area (Å²) < 4.78 is 0. The van der Waals surface area contributed by atoms with Gasteiger partial charge in [0.15, 0.2) is 0 Å². The Hall–Kier alpha value is -2.51.